The van der Waals surface area contributed by atoms with Gasteiger partial charge in [-0.3, -0.25) is 0 Å². The molecule has 0 aliphatic carbocycles. The van der Waals surface area contributed by atoms with Gasteiger partial charge in [0.1, 0.15) is 0 Å². The van der Waals surface area contributed by atoms with Gasteiger partial charge in [-0.2, -0.15) is 0 Å². The molecule has 1 fully saturated rings. The van der Waals surface area contributed by atoms with Crippen molar-refractivity contribution in [2.75, 3.05) is 0 Å². The lowest BCUT2D eigenvalue weighted by atomic mass is 9.79. The number of hydrogen-bond acceptors (Lipinski definition) is 8. The second-order valence-electron chi connectivity index (χ2n) is 31.0. The topological polar surface area (TPSA) is 95.8 Å². The molecule has 16 aromatic carbocycles. The minimum absolute atomic E-state index is 0.376. The predicted molar refractivity (Wildman–Crippen MR) is 508 cm³/mol. The highest BCUT2D eigenvalue weighted by molar-refractivity contribution is 9.11. The second kappa shape index (κ2) is 35.0. The Morgan fingerprint density at radius 1 is 0.198 bits per heavy atom. The van der Waals surface area contributed by atoms with Crippen LogP contribution in [0.2, 0.25) is 0 Å². The molecule has 11 heteroatoms. The van der Waals surface area contributed by atoms with Gasteiger partial charge >= 0.3 is 7.12 Å². The van der Waals surface area contributed by atoms with Crippen LogP contribution in [0.1, 0.15) is 27.7 Å². The third kappa shape index (κ3) is 17.4. The van der Waals surface area contributed by atoms with Gasteiger partial charge in [0, 0.05) is 59.0 Å². The van der Waals surface area contributed by atoms with Crippen LogP contribution in [0, 0.1) is 0 Å². The van der Waals surface area contributed by atoms with Crippen molar-refractivity contribution in [3.8, 4) is 157 Å². The van der Waals surface area contributed by atoms with E-state index >= 15 is 0 Å². The van der Waals surface area contributed by atoms with Gasteiger partial charge in [0.05, 0.1) is 45.4 Å². The van der Waals surface area contributed by atoms with E-state index in [4.69, 9.17) is 39.2 Å². The number of benzene rings is 16. The number of hydrogen-bond donors (Lipinski definition) is 0. The highest BCUT2D eigenvalue weighted by Gasteiger charge is 2.51. The average molecular weight is 1690 g/mol. The molecule has 0 amide bonds. The van der Waals surface area contributed by atoms with Crippen LogP contribution in [-0.4, -0.2) is 48.2 Å². The molecule has 8 nitrogen and oxygen atoms in total. The molecule has 1 saturated heterocycles. The summed E-state index contributed by atoms with van der Waals surface area (Å²) >= 11 is 7.02. The maximum absolute atomic E-state index is 6.24. The van der Waals surface area contributed by atoms with Crippen LogP contribution in [0.4, 0.5) is 0 Å². The molecule has 121 heavy (non-hydrogen) atoms. The summed E-state index contributed by atoms with van der Waals surface area (Å²) in [6.45, 7) is 8.28. The largest absolute Gasteiger partial charge is 0.494 e. The first-order chi connectivity index (χ1) is 59.2. The number of nitrogens with zero attached hydrogens (tertiary/aromatic N) is 6. The first kappa shape index (κ1) is 78.4. The van der Waals surface area contributed by atoms with Crippen LogP contribution < -0.4 is 5.46 Å². The first-order valence-electron chi connectivity index (χ1n) is 40.6. The fourth-order valence-electron chi connectivity index (χ4n) is 15.2. The number of fused-ring (bicyclic) bond motifs is 2. The Hall–Kier alpha value is -13.8. The van der Waals surface area contributed by atoms with Crippen LogP contribution >= 0.6 is 31.9 Å². The quantitative estimate of drug-likeness (QED) is 0.0937. The van der Waals surface area contributed by atoms with E-state index in [2.05, 4.69) is 381 Å². The molecule has 1 aliphatic rings. The minimum Gasteiger partial charge on any atom is -0.399 e. The normalized spacial score (nSPS) is 12.6. The Kier molecular flexibility index (Phi) is 22.7. The van der Waals surface area contributed by atoms with E-state index in [0.717, 1.165) is 110 Å². The minimum atomic E-state index is -0.395. The summed E-state index contributed by atoms with van der Waals surface area (Å²) in [6.07, 6.45) is 0. The van der Waals surface area contributed by atoms with Crippen molar-refractivity contribution in [1.29, 1.82) is 0 Å². The van der Waals surface area contributed by atoms with E-state index in [-0.39, 0.29) is 11.2 Å². The fourth-order valence-corrected chi connectivity index (χ4v) is 16.2. The molecule has 0 unspecified atom stereocenters. The summed E-state index contributed by atoms with van der Waals surface area (Å²) in [5.74, 6) is 2.09. The van der Waals surface area contributed by atoms with Crippen LogP contribution in [0.5, 0.6) is 0 Å². The maximum atomic E-state index is 6.24. The molecule has 0 bridgehead atoms. The van der Waals surface area contributed by atoms with Crippen molar-refractivity contribution in [3.05, 3.63) is 428 Å². The highest BCUT2D eigenvalue weighted by atomic mass is 79.9. The predicted octanol–water partition coefficient (Wildman–Crippen LogP) is 28.9. The molecule has 3 aromatic heterocycles. The molecule has 0 atom stereocenters. The third-order valence-electron chi connectivity index (χ3n) is 22.6. The lowest BCUT2D eigenvalue weighted by Gasteiger charge is -2.32. The zero-order valence-corrected chi connectivity index (χ0v) is 70.3. The molecule has 580 valence electrons. The van der Waals surface area contributed by atoms with E-state index in [9.17, 15) is 0 Å². The van der Waals surface area contributed by atoms with Crippen molar-refractivity contribution >= 4 is 66.0 Å². The van der Waals surface area contributed by atoms with Crippen molar-refractivity contribution < 1.29 is 9.31 Å². The summed E-state index contributed by atoms with van der Waals surface area (Å²) in [4.78, 5) is 30.3. The summed E-state index contributed by atoms with van der Waals surface area (Å²) in [5.41, 5.74) is 26.3. The molecular weight excluding hydrogens is 1610 g/mol. The first-order valence-corrected chi connectivity index (χ1v) is 42.2. The fraction of sp³-hybridized carbons (Fsp3) is 0.0545. The van der Waals surface area contributed by atoms with E-state index < -0.39 is 7.12 Å². The Balaban J connectivity index is 0.000000163. The van der Waals surface area contributed by atoms with E-state index in [1.807, 2.05) is 97.1 Å². The Bertz CT molecular complexity index is 6530. The van der Waals surface area contributed by atoms with Crippen LogP contribution in [0.3, 0.4) is 0 Å². The highest BCUT2D eigenvalue weighted by Crippen LogP contribution is 2.41. The van der Waals surface area contributed by atoms with Gasteiger partial charge < -0.3 is 9.31 Å². The van der Waals surface area contributed by atoms with Crippen LogP contribution in [-0.2, 0) is 9.31 Å². The van der Waals surface area contributed by atoms with Crippen molar-refractivity contribution in [2.45, 2.75) is 38.9 Å². The Morgan fingerprint density at radius 2 is 0.405 bits per heavy atom. The molecule has 1 aliphatic heterocycles. The monoisotopic (exact) mass is 1690 g/mol. The molecule has 4 heterocycles. The average Bonchev–Trinajstić information content (AvgIpc) is 1.72. The van der Waals surface area contributed by atoms with Crippen molar-refractivity contribution in [3.63, 3.8) is 0 Å². The van der Waals surface area contributed by atoms with E-state index in [0.29, 0.717) is 17.5 Å². The lowest BCUT2D eigenvalue weighted by Crippen LogP contribution is -2.41. The molecular formula is C110H81BBr2N6O2. The summed E-state index contributed by atoms with van der Waals surface area (Å²) < 4.78 is 14.8. The van der Waals surface area contributed by atoms with Gasteiger partial charge in [-0.25, -0.2) is 29.9 Å². The molecule has 20 rings (SSSR count). The number of halogens is 2. The Morgan fingerprint density at radius 3 is 0.669 bits per heavy atom. The molecule has 0 N–H and O–H groups in total. The zero-order valence-electron chi connectivity index (χ0n) is 67.2. The summed E-state index contributed by atoms with van der Waals surface area (Å²) in [5, 5.41) is 4.87. The standard InChI is InChI=1S/C66H44N4.C34H31BN2O2.C10H6Br2/c1-5-15-45(16-6-1)47-27-35-51(36-28-47)61-43-63(69-65(67-61)55-19-9-3-10-20-55)53-39-31-49(32-40-53)57-23-13-26-60-58(24-14-25-59(57)60)50-33-41-54(42-34-50)64-44-62(68-66(70-64)56-21-11-4-12-22-56)52-37-29-48(30-38-52)46-17-7-2-8-18-46;1-33(2)34(3,4)39-35(38-33)29-21-19-27(20-22-29)31-23-30(36-32(37-31)28-13-9-6-10-14-28)26-17-15-25(16-18-26)24-11-7-5-8-12-24;11-9-5-1-3-7-8(9)4-2-6-10(7)12/h1-44H;5-23H,1-4H3;1-6H. The van der Waals surface area contributed by atoms with Gasteiger partial charge in [-0.05, 0) is 141 Å². The lowest BCUT2D eigenvalue weighted by molar-refractivity contribution is 0.00578. The van der Waals surface area contributed by atoms with Crippen molar-refractivity contribution in [2.24, 2.45) is 0 Å². The Labute approximate surface area is 723 Å². The molecule has 0 spiro atoms. The van der Waals surface area contributed by atoms with Gasteiger partial charge in [-0.1, -0.05) is 420 Å². The van der Waals surface area contributed by atoms with Gasteiger partial charge in [0.25, 0.3) is 0 Å². The third-order valence-corrected chi connectivity index (χ3v) is 24.0. The summed E-state index contributed by atoms with van der Waals surface area (Å²) in [6, 6.07) is 145. The molecule has 0 saturated carbocycles. The van der Waals surface area contributed by atoms with Crippen molar-refractivity contribution in [1.82, 2.24) is 29.9 Å². The van der Waals surface area contributed by atoms with E-state index in [1.54, 1.807) is 0 Å². The van der Waals surface area contributed by atoms with Gasteiger partial charge in [-0.15, -0.1) is 0 Å². The van der Waals surface area contributed by atoms with E-state index in [1.165, 1.54) is 66.1 Å². The smallest absolute Gasteiger partial charge is 0.399 e. The number of aromatic nitrogens is 6. The molecule has 19 aromatic rings. The summed E-state index contributed by atoms with van der Waals surface area (Å²) in [7, 11) is -0.395. The van der Waals surface area contributed by atoms with Gasteiger partial charge in [0.15, 0.2) is 17.5 Å². The zero-order chi connectivity index (χ0) is 82.2. The number of rotatable bonds is 15. The SMILES string of the molecule is Brc1cccc2c(Br)cccc12.CC1(C)OB(c2ccc(-c3cc(-c4ccc(-c5ccccc5)cc4)nc(-c4ccccc4)n3)cc2)OC1(C)C.c1ccc(-c2ccc(-c3cc(-c4ccc(-c5cccc6c(-c7ccc(-c8cc(-c9ccc(-c%10ccccc%10)cc9)nc(-c9ccccc9)n8)cc7)cccc56)cc4)nc(-c4ccccc4)n3)cc2)cc1. The maximum Gasteiger partial charge on any atom is 0.494 e. The van der Waals surface area contributed by atoms with Crippen LogP contribution in [0.15, 0.2) is 428 Å². The molecule has 0 radical (unpaired) electrons. The van der Waals surface area contributed by atoms with Gasteiger partial charge in [0.2, 0.25) is 0 Å². The van der Waals surface area contributed by atoms with Crippen LogP contribution in [0.25, 0.3) is 179 Å². The second-order valence-corrected chi connectivity index (χ2v) is 32.7.